The van der Waals surface area contributed by atoms with Crippen molar-refractivity contribution in [2.45, 2.75) is 6.42 Å². The van der Waals surface area contributed by atoms with Crippen LogP contribution in [0.5, 0.6) is 17.2 Å². The fraction of sp³-hybridized carbons (Fsp3) is 0.138. The lowest BCUT2D eigenvalue weighted by Crippen LogP contribution is -2.38. The zero-order chi connectivity index (χ0) is 25.6. The molecular formula is C29H25N3O4S. The first-order valence-electron chi connectivity index (χ1n) is 11.8. The van der Waals surface area contributed by atoms with E-state index in [4.69, 9.17) is 19.6 Å². The maximum Gasteiger partial charge on any atom is 0.283 e. The van der Waals surface area contributed by atoms with E-state index < -0.39 is 5.91 Å². The Labute approximate surface area is 219 Å². The minimum Gasteiger partial charge on any atom is -0.493 e. The number of carbonyl (C=O) groups is 1. The number of para-hydroxylation sites is 1. The average molecular weight is 512 g/mol. The Balaban J connectivity index is 1.27. The summed E-state index contributed by atoms with van der Waals surface area (Å²) < 4.78 is 17.1. The fourth-order valence-corrected chi connectivity index (χ4v) is 4.81. The van der Waals surface area contributed by atoms with Crippen LogP contribution in [0.4, 0.5) is 0 Å². The molecule has 8 heteroatoms. The van der Waals surface area contributed by atoms with Crippen molar-refractivity contribution >= 4 is 40.4 Å². The maximum absolute atomic E-state index is 12.8. The minimum absolute atomic E-state index is 0.0906. The van der Waals surface area contributed by atoms with E-state index in [0.29, 0.717) is 41.9 Å². The van der Waals surface area contributed by atoms with Crippen LogP contribution in [0, 0.1) is 5.41 Å². The van der Waals surface area contributed by atoms with Gasteiger partial charge in [0.2, 0.25) is 0 Å². The molecule has 0 atom stereocenters. The SMILES string of the molecule is COc1cc(/C=C2/C(=N)N3C(c4ccccc4)=CSC3=NC2=O)ccc1OCCCOc1ccccc1. The Bertz CT molecular complexity index is 1400. The number of hydrogen-bond acceptors (Lipinski definition) is 6. The zero-order valence-electron chi connectivity index (χ0n) is 20.2. The third kappa shape index (κ3) is 5.44. The average Bonchev–Trinajstić information content (AvgIpc) is 3.36. The Morgan fingerprint density at radius 2 is 1.68 bits per heavy atom. The molecule has 7 nitrogen and oxygen atoms in total. The van der Waals surface area contributed by atoms with Crippen LogP contribution in [-0.2, 0) is 4.79 Å². The number of nitrogens with zero attached hydrogens (tertiary/aromatic N) is 2. The van der Waals surface area contributed by atoms with Crippen molar-refractivity contribution in [3.63, 3.8) is 0 Å². The third-order valence-corrected chi connectivity index (χ3v) is 6.57. The number of ether oxygens (including phenoxy) is 3. The van der Waals surface area contributed by atoms with Gasteiger partial charge in [0.1, 0.15) is 11.6 Å². The van der Waals surface area contributed by atoms with Gasteiger partial charge in [0.05, 0.1) is 31.6 Å². The molecule has 186 valence electrons. The highest BCUT2D eigenvalue weighted by molar-refractivity contribution is 8.17. The summed E-state index contributed by atoms with van der Waals surface area (Å²) in [4.78, 5) is 18.7. The lowest BCUT2D eigenvalue weighted by Gasteiger charge is -2.27. The molecule has 0 bridgehead atoms. The topological polar surface area (TPSA) is 84.2 Å². The molecular weight excluding hydrogens is 486 g/mol. The molecule has 0 radical (unpaired) electrons. The number of carbonyl (C=O) groups excluding carboxylic acids is 1. The first-order chi connectivity index (χ1) is 18.1. The van der Waals surface area contributed by atoms with Crippen molar-refractivity contribution in [3.8, 4) is 17.2 Å². The van der Waals surface area contributed by atoms with E-state index in [1.165, 1.54) is 11.8 Å². The molecule has 0 aromatic heterocycles. The molecule has 0 saturated heterocycles. The van der Waals surface area contributed by atoms with E-state index >= 15 is 0 Å². The molecule has 2 aliphatic heterocycles. The number of benzene rings is 3. The lowest BCUT2D eigenvalue weighted by atomic mass is 10.1. The van der Waals surface area contributed by atoms with E-state index in [-0.39, 0.29) is 11.4 Å². The normalized spacial score (nSPS) is 15.8. The third-order valence-electron chi connectivity index (χ3n) is 5.74. The first-order valence-corrected chi connectivity index (χ1v) is 12.7. The molecule has 0 unspecified atom stereocenters. The predicted molar refractivity (Wildman–Crippen MR) is 147 cm³/mol. The van der Waals surface area contributed by atoms with Gasteiger partial charge in [0.15, 0.2) is 16.7 Å². The number of rotatable bonds is 9. The van der Waals surface area contributed by atoms with E-state index in [1.54, 1.807) is 30.2 Å². The van der Waals surface area contributed by atoms with Crippen LogP contribution >= 0.6 is 11.8 Å². The van der Waals surface area contributed by atoms with Gasteiger partial charge in [-0.05, 0) is 41.5 Å². The van der Waals surface area contributed by atoms with Gasteiger partial charge in [0.25, 0.3) is 5.91 Å². The van der Waals surface area contributed by atoms with Crippen molar-refractivity contribution in [2.75, 3.05) is 20.3 Å². The number of thioether (sulfide) groups is 1. The van der Waals surface area contributed by atoms with Crippen molar-refractivity contribution in [1.82, 2.24) is 4.90 Å². The zero-order valence-corrected chi connectivity index (χ0v) is 21.0. The summed E-state index contributed by atoms with van der Waals surface area (Å²) in [7, 11) is 1.57. The van der Waals surface area contributed by atoms with Gasteiger partial charge in [-0.25, -0.2) is 0 Å². The van der Waals surface area contributed by atoms with Crippen molar-refractivity contribution in [2.24, 2.45) is 4.99 Å². The van der Waals surface area contributed by atoms with Crippen LogP contribution in [0.15, 0.2) is 94.8 Å². The molecule has 0 aliphatic carbocycles. The van der Waals surface area contributed by atoms with E-state index in [9.17, 15) is 4.79 Å². The van der Waals surface area contributed by atoms with Crippen molar-refractivity contribution in [3.05, 3.63) is 101 Å². The molecule has 2 aliphatic rings. The molecule has 3 aromatic carbocycles. The molecule has 2 heterocycles. The van der Waals surface area contributed by atoms with E-state index in [1.807, 2.05) is 72.1 Å². The van der Waals surface area contributed by atoms with Gasteiger partial charge in [-0.15, -0.1) is 0 Å². The quantitative estimate of drug-likeness (QED) is 0.287. The van der Waals surface area contributed by atoms with Gasteiger partial charge in [-0.2, -0.15) is 4.99 Å². The second-order valence-corrected chi connectivity index (χ2v) is 9.04. The Morgan fingerprint density at radius 1 is 0.946 bits per heavy atom. The Morgan fingerprint density at radius 3 is 2.43 bits per heavy atom. The summed E-state index contributed by atoms with van der Waals surface area (Å²) in [6.07, 6.45) is 2.37. The Hall–Kier alpha value is -4.30. The van der Waals surface area contributed by atoms with Gasteiger partial charge < -0.3 is 14.2 Å². The van der Waals surface area contributed by atoms with Crippen LogP contribution in [-0.4, -0.2) is 42.1 Å². The number of fused-ring (bicyclic) bond motifs is 1. The molecule has 37 heavy (non-hydrogen) atoms. The Kier molecular flexibility index (Phi) is 7.37. The predicted octanol–water partition coefficient (Wildman–Crippen LogP) is 5.85. The standard InChI is InChI=1S/C29H25N3O4S/c1-34-26-18-20(13-14-25(26)36-16-8-15-35-22-11-6-3-7-12-22)17-23-27(30)32-24(21-9-4-2-5-10-21)19-37-29(32)31-28(23)33/h2-7,9-14,17-19,30H,8,15-16H2,1H3/b23-17-,30-27?. The summed E-state index contributed by atoms with van der Waals surface area (Å²) in [6, 6.07) is 24.8. The molecule has 1 amide bonds. The largest absolute Gasteiger partial charge is 0.493 e. The number of amidine groups is 2. The minimum atomic E-state index is -0.441. The van der Waals surface area contributed by atoms with Crippen LogP contribution in [0.3, 0.4) is 0 Å². The van der Waals surface area contributed by atoms with Crippen LogP contribution in [0.1, 0.15) is 17.5 Å². The number of aliphatic imine (C=N–C) groups is 1. The fourth-order valence-electron chi connectivity index (χ4n) is 3.92. The smallest absolute Gasteiger partial charge is 0.283 e. The second-order valence-electron chi connectivity index (χ2n) is 8.20. The number of hydrogen-bond donors (Lipinski definition) is 1. The van der Waals surface area contributed by atoms with Crippen molar-refractivity contribution < 1.29 is 19.0 Å². The molecule has 0 saturated carbocycles. The van der Waals surface area contributed by atoms with E-state index in [0.717, 1.165) is 17.0 Å². The van der Waals surface area contributed by atoms with Gasteiger partial charge in [-0.3, -0.25) is 15.1 Å². The molecule has 0 spiro atoms. The summed E-state index contributed by atoms with van der Waals surface area (Å²) >= 11 is 1.34. The highest BCUT2D eigenvalue weighted by Gasteiger charge is 2.36. The van der Waals surface area contributed by atoms with Crippen LogP contribution in [0.25, 0.3) is 11.8 Å². The summed E-state index contributed by atoms with van der Waals surface area (Å²) in [5.41, 5.74) is 2.70. The van der Waals surface area contributed by atoms with Gasteiger partial charge in [-0.1, -0.05) is 66.4 Å². The molecule has 3 aromatic rings. The molecule has 1 N–H and O–H groups in total. The maximum atomic E-state index is 12.8. The number of methoxy groups -OCH3 is 1. The summed E-state index contributed by atoms with van der Waals surface area (Å²) in [5.74, 6) is 1.62. The molecule has 0 fully saturated rings. The van der Waals surface area contributed by atoms with Gasteiger partial charge >= 0.3 is 0 Å². The number of nitrogens with one attached hydrogen (secondary N) is 1. The lowest BCUT2D eigenvalue weighted by molar-refractivity contribution is -0.114. The highest BCUT2D eigenvalue weighted by Crippen LogP contribution is 2.37. The second kappa shape index (κ2) is 11.2. The monoisotopic (exact) mass is 511 g/mol. The van der Waals surface area contributed by atoms with E-state index in [2.05, 4.69) is 4.99 Å². The summed E-state index contributed by atoms with van der Waals surface area (Å²) in [6.45, 7) is 1.00. The first kappa shape index (κ1) is 24.4. The summed E-state index contributed by atoms with van der Waals surface area (Å²) in [5, 5.41) is 11.2. The van der Waals surface area contributed by atoms with Crippen LogP contribution in [0.2, 0.25) is 0 Å². The highest BCUT2D eigenvalue weighted by atomic mass is 32.2. The van der Waals surface area contributed by atoms with Crippen LogP contribution < -0.4 is 14.2 Å². The molecule has 5 rings (SSSR count). The van der Waals surface area contributed by atoms with Crippen molar-refractivity contribution in [1.29, 1.82) is 5.41 Å². The number of amides is 1. The van der Waals surface area contributed by atoms with Gasteiger partial charge in [0, 0.05) is 11.8 Å².